The van der Waals surface area contributed by atoms with Gasteiger partial charge in [-0.25, -0.2) is 0 Å². The van der Waals surface area contributed by atoms with Crippen molar-refractivity contribution in [2.75, 3.05) is 0 Å². The van der Waals surface area contributed by atoms with E-state index in [1.54, 1.807) is 0 Å². The first-order valence-corrected chi connectivity index (χ1v) is 12.8. The van der Waals surface area contributed by atoms with E-state index in [4.69, 9.17) is 4.99 Å². The van der Waals surface area contributed by atoms with Gasteiger partial charge < -0.3 is 0 Å². The first kappa shape index (κ1) is 27.4. The molecule has 1 heteroatoms. The molecular weight excluding hydrogens is 398 g/mol. The average molecular weight is 448 g/mol. The van der Waals surface area contributed by atoms with Crippen molar-refractivity contribution in [2.45, 2.75) is 114 Å². The molecule has 1 aliphatic rings. The van der Waals surface area contributed by atoms with Gasteiger partial charge in [0.2, 0.25) is 0 Å². The third-order valence-electron chi connectivity index (χ3n) is 7.23. The van der Waals surface area contributed by atoms with Crippen LogP contribution in [0.4, 0.5) is 0 Å². The van der Waals surface area contributed by atoms with Crippen LogP contribution in [-0.4, -0.2) is 11.3 Å². The van der Waals surface area contributed by atoms with E-state index >= 15 is 0 Å². The molecule has 0 saturated heterocycles. The van der Waals surface area contributed by atoms with Crippen molar-refractivity contribution < 1.29 is 0 Å². The van der Waals surface area contributed by atoms with Crippen molar-refractivity contribution in [1.29, 1.82) is 0 Å². The third-order valence-corrected chi connectivity index (χ3v) is 7.23. The van der Waals surface area contributed by atoms with Crippen molar-refractivity contribution in [1.82, 2.24) is 0 Å². The smallest absolute Gasteiger partial charge is 0.0983 e. The normalized spacial score (nSPS) is 20.3. The van der Waals surface area contributed by atoms with Gasteiger partial charge in [-0.05, 0) is 97.8 Å². The van der Waals surface area contributed by atoms with E-state index in [9.17, 15) is 0 Å². The molecule has 0 spiro atoms. The molecule has 1 nitrogen and oxygen atoms in total. The largest absolute Gasteiger partial charge is 0.274 e. The van der Waals surface area contributed by atoms with Gasteiger partial charge >= 0.3 is 0 Å². The Kier molecular flexibility index (Phi) is 8.10. The van der Waals surface area contributed by atoms with Crippen LogP contribution in [0.15, 0.2) is 51.6 Å². The summed E-state index contributed by atoms with van der Waals surface area (Å²) in [6, 6.07) is 4.64. The van der Waals surface area contributed by atoms with Crippen molar-refractivity contribution in [3.05, 3.63) is 68.8 Å². The molecule has 0 amide bonds. The number of benzene rings is 1. The molecule has 0 aliphatic heterocycles. The second-order valence-corrected chi connectivity index (χ2v) is 12.3. The van der Waals surface area contributed by atoms with Crippen LogP contribution in [-0.2, 0) is 0 Å². The van der Waals surface area contributed by atoms with Crippen molar-refractivity contribution in [2.24, 2.45) is 16.3 Å². The van der Waals surface area contributed by atoms with Crippen LogP contribution < -0.4 is 0 Å². The zero-order valence-corrected chi connectivity index (χ0v) is 24.0. The molecule has 2 atom stereocenters. The van der Waals surface area contributed by atoms with Crippen LogP contribution in [0.2, 0.25) is 0 Å². The lowest BCUT2D eigenvalue weighted by Gasteiger charge is -2.25. The molecule has 0 fully saturated rings. The van der Waals surface area contributed by atoms with Gasteiger partial charge in [0, 0.05) is 11.6 Å². The highest BCUT2D eigenvalue weighted by Crippen LogP contribution is 2.49. The average Bonchev–Trinajstić information content (AvgIpc) is 3.33. The second-order valence-electron chi connectivity index (χ2n) is 12.3. The van der Waals surface area contributed by atoms with Gasteiger partial charge in [0.1, 0.15) is 0 Å². The SMILES string of the molecule is CC(C)=C(/C=C(C)/C(=N\C1(C)C=C1C(C)c1ccc(C)c(C(C)C)c1C)C(C)C)C(C)(C)C. The van der Waals surface area contributed by atoms with Crippen LogP contribution in [0.5, 0.6) is 0 Å². The van der Waals surface area contributed by atoms with Crippen LogP contribution in [0.1, 0.15) is 117 Å². The molecule has 1 aliphatic carbocycles. The molecule has 0 N–H and O–H groups in total. The monoisotopic (exact) mass is 447 g/mol. The summed E-state index contributed by atoms with van der Waals surface area (Å²) in [4.78, 5) is 5.38. The van der Waals surface area contributed by atoms with Crippen LogP contribution in [0.25, 0.3) is 0 Å². The molecule has 182 valence electrons. The Bertz CT molecular complexity index is 1010. The summed E-state index contributed by atoms with van der Waals surface area (Å²) in [5.74, 6) is 1.32. The summed E-state index contributed by atoms with van der Waals surface area (Å²) >= 11 is 0. The Labute approximate surface area is 205 Å². The Hall–Kier alpha value is -1.89. The van der Waals surface area contributed by atoms with Crippen LogP contribution in [0.3, 0.4) is 0 Å². The molecule has 1 aromatic carbocycles. The Morgan fingerprint density at radius 3 is 2.00 bits per heavy atom. The molecule has 33 heavy (non-hydrogen) atoms. The fourth-order valence-corrected chi connectivity index (χ4v) is 5.66. The standard InChI is InChI=1S/C32H49N/c1-19(2)27(31(11,12)13)17-23(8)30(21(5)6)33-32(14)18-28(32)24(9)26-16-15-22(7)29(20(3)4)25(26)10/h15-18,20-21,24H,1-14H3/b23-17+,33-30-. The number of allylic oxidation sites excluding steroid dienone is 4. The van der Waals surface area contributed by atoms with E-state index in [1.807, 2.05) is 0 Å². The number of rotatable bonds is 7. The lowest BCUT2D eigenvalue weighted by atomic mass is 9.82. The van der Waals surface area contributed by atoms with Crippen molar-refractivity contribution in [3.63, 3.8) is 0 Å². The van der Waals surface area contributed by atoms with E-state index in [0.717, 1.165) is 0 Å². The first-order chi connectivity index (χ1) is 15.0. The Morgan fingerprint density at radius 1 is 0.970 bits per heavy atom. The Balaban J connectivity index is 2.42. The summed E-state index contributed by atoms with van der Waals surface area (Å²) in [5, 5.41) is 0. The van der Waals surface area contributed by atoms with Gasteiger partial charge in [-0.3, -0.25) is 4.99 Å². The number of hydrogen-bond acceptors (Lipinski definition) is 1. The zero-order valence-electron chi connectivity index (χ0n) is 24.0. The molecule has 1 aromatic rings. The van der Waals surface area contributed by atoms with Crippen molar-refractivity contribution >= 4 is 5.71 Å². The molecule has 0 bridgehead atoms. The molecule has 0 saturated carbocycles. The van der Waals surface area contributed by atoms with Gasteiger partial charge in [-0.15, -0.1) is 0 Å². The molecule has 2 unspecified atom stereocenters. The lowest BCUT2D eigenvalue weighted by Crippen LogP contribution is -2.18. The maximum Gasteiger partial charge on any atom is 0.0983 e. The fourth-order valence-electron chi connectivity index (χ4n) is 5.66. The first-order valence-electron chi connectivity index (χ1n) is 12.8. The summed E-state index contributed by atoms with van der Waals surface area (Å²) < 4.78 is 0. The number of aryl methyl sites for hydroxylation is 1. The molecule has 2 rings (SSSR count). The summed E-state index contributed by atoms with van der Waals surface area (Å²) in [7, 11) is 0. The number of nitrogens with zero attached hydrogens (tertiary/aromatic N) is 1. The summed E-state index contributed by atoms with van der Waals surface area (Å²) in [5.41, 5.74) is 12.5. The fraction of sp³-hybridized carbons (Fsp3) is 0.594. The Morgan fingerprint density at radius 2 is 1.55 bits per heavy atom. The van der Waals surface area contributed by atoms with E-state index in [0.29, 0.717) is 17.8 Å². The minimum Gasteiger partial charge on any atom is -0.274 e. The van der Waals surface area contributed by atoms with E-state index in [1.165, 1.54) is 50.3 Å². The van der Waals surface area contributed by atoms with Gasteiger partial charge in [0.25, 0.3) is 0 Å². The van der Waals surface area contributed by atoms with Gasteiger partial charge in [0.15, 0.2) is 0 Å². The minimum absolute atomic E-state index is 0.126. The van der Waals surface area contributed by atoms with Gasteiger partial charge in [0.05, 0.1) is 5.54 Å². The molecule has 0 radical (unpaired) electrons. The van der Waals surface area contributed by atoms with E-state index in [-0.39, 0.29) is 11.0 Å². The van der Waals surface area contributed by atoms with Gasteiger partial charge in [-0.2, -0.15) is 0 Å². The highest BCUT2D eigenvalue weighted by Gasteiger charge is 2.43. The highest BCUT2D eigenvalue weighted by atomic mass is 14.9. The quantitative estimate of drug-likeness (QED) is 0.224. The van der Waals surface area contributed by atoms with Gasteiger partial charge in [-0.1, -0.05) is 85.2 Å². The number of hydrogen-bond donors (Lipinski definition) is 0. The lowest BCUT2D eigenvalue weighted by molar-refractivity contribution is 0.511. The maximum absolute atomic E-state index is 5.38. The predicted molar refractivity (Wildman–Crippen MR) is 149 cm³/mol. The maximum atomic E-state index is 5.38. The van der Waals surface area contributed by atoms with Crippen LogP contribution in [0, 0.1) is 25.2 Å². The van der Waals surface area contributed by atoms with E-state index < -0.39 is 0 Å². The third kappa shape index (κ3) is 5.97. The number of aliphatic imine (C=N–C) groups is 1. The molecule has 0 aromatic heterocycles. The highest BCUT2D eigenvalue weighted by molar-refractivity contribution is 6.02. The van der Waals surface area contributed by atoms with E-state index in [2.05, 4.69) is 121 Å². The molecule has 0 heterocycles. The predicted octanol–water partition coefficient (Wildman–Crippen LogP) is 9.65. The summed E-state index contributed by atoms with van der Waals surface area (Å²) in [6.07, 6.45) is 4.76. The topological polar surface area (TPSA) is 12.4 Å². The van der Waals surface area contributed by atoms with Crippen LogP contribution >= 0.6 is 0 Å². The van der Waals surface area contributed by atoms with Crippen molar-refractivity contribution in [3.8, 4) is 0 Å². The minimum atomic E-state index is -0.170. The molecular formula is C32H49N. The summed E-state index contributed by atoms with van der Waals surface area (Å²) in [6.45, 7) is 31.9. The second kappa shape index (κ2) is 9.77. The zero-order chi connectivity index (χ0) is 25.5.